The molecule has 27 heavy (non-hydrogen) atoms. The van der Waals surface area contributed by atoms with E-state index in [9.17, 15) is 4.79 Å². The molecule has 0 aromatic rings. The van der Waals surface area contributed by atoms with Gasteiger partial charge in [-0.3, -0.25) is 4.79 Å². The lowest BCUT2D eigenvalue weighted by atomic mass is 9.87. The fourth-order valence-electron chi connectivity index (χ4n) is 2.90. The van der Waals surface area contributed by atoms with Crippen molar-refractivity contribution >= 4 is 5.91 Å². The van der Waals surface area contributed by atoms with Gasteiger partial charge in [0.15, 0.2) is 0 Å². The Bertz CT molecular complexity index is 407. The molecule has 2 fully saturated rings. The van der Waals surface area contributed by atoms with E-state index in [0.717, 1.165) is 0 Å². The van der Waals surface area contributed by atoms with Gasteiger partial charge in [0, 0.05) is 18.7 Å². The van der Waals surface area contributed by atoms with Crippen LogP contribution in [0.25, 0.3) is 0 Å². The molecule has 1 spiro atoms. The number of nitrogens with one attached hydrogen (secondary N) is 2. The summed E-state index contributed by atoms with van der Waals surface area (Å²) in [5, 5.41) is 6.83. The van der Waals surface area contributed by atoms with Gasteiger partial charge in [-0.15, -0.1) is 0 Å². The van der Waals surface area contributed by atoms with Crippen LogP contribution in [0, 0.1) is 5.41 Å². The SMILES string of the molecule is C1CC2(CCNC2)CN1.CC.CCCCC.C\C=C/C=C\C(=C/C)C(N)=O. The highest BCUT2D eigenvalue weighted by molar-refractivity contribution is 5.94. The molecule has 158 valence electrons. The molecule has 2 aliphatic heterocycles. The summed E-state index contributed by atoms with van der Waals surface area (Å²) in [7, 11) is 0. The van der Waals surface area contributed by atoms with Gasteiger partial charge in [0.1, 0.15) is 0 Å². The summed E-state index contributed by atoms with van der Waals surface area (Å²) in [6.07, 6.45) is 15.7. The highest BCUT2D eigenvalue weighted by atomic mass is 16.1. The largest absolute Gasteiger partial charge is 0.366 e. The molecule has 4 N–H and O–H groups in total. The zero-order valence-electron chi connectivity index (χ0n) is 18.7. The summed E-state index contributed by atoms with van der Waals surface area (Å²) in [5.74, 6) is -0.395. The Morgan fingerprint density at radius 1 is 1.00 bits per heavy atom. The second kappa shape index (κ2) is 19.4. The van der Waals surface area contributed by atoms with Gasteiger partial charge < -0.3 is 16.4 Å². The highest BCUT2D eigenvalue weighted by Gasteiger charge is 2.36. The summed E-state index contributed by atoms with van der Waals surface area (Å²) in [6.45, 7) is 17.1. The number of amides is 1. The third-order valence-corrected chi connectivity index (χ3v) is 4.55. The lowest BCUT2D eigenvalue weighted by Crippen LogP contribution is -2.26. The molecular weight excluding hydrogens is 334 g/mol. The Balaban J connectivity index is 0. The molecule has 2 aliphatic rings. The van der Waals surface area contributed by atoms with Crippen LogP contribution in [0.2, 0.25) is 0 Å². The molecule has 0 aromatic heterocycles. The van der Waals surface area contributed by atoms with E-state index in [1.807, 2.05) is 32.9 Å². The molecule has 0 saturated carbocycles. The maximum atomic E-state index is 10.6. The third kappa shape index (κ3) is 14.3. The van der Waals surface area contributed by atoms with Crippen LogP contribution in [0.5, 0.6) is 0 Å². The fraction of sp³-hybridized carbons (Fsp3) is 0.696. The normalized spacial score (nSPS) is 17.8. The van der Waals surface area contributed by atoms with Gasteiger partial charge >= 0.3 is 0 Å². The molecule has 0 aliphatic carbocycles. The monoisotopic (exact) mass is 379 g/mol. The number of hydrogen-bond donors (Lipinski definition) is 3. The molecule has 1 amide bonds. The number of hydrogen-bond acceptors (Lipinski definition) is 3. The van der Waals surface area contributed by atoms with Gasteiger partial charge in [-0.05, 0) is 51.3 Å². The van der Waals surface area contributed by atoms with Crippen LogP contribution in [-0.2, 0) is 4.79 Å². The van der Waals surface area contributed by atoms with E-state index in [0.29, 0.717) is 11.0 Å². The van der Waals surface area contributed by atoms with Crippen LogP contribution in [0.1, 0.15) is 73.6 Å². The second-order valence-corrected chi connectivity index (χ2v) is 6.70. The average Bonchev–Trinajstić information content (AvgIpc) is 3.35. The Morgan fingerprint density at radius 2 is 1.52 bits per heavy atom. The van der Waals surface area contributed by atoms with Crippen molar-refractivity contribution in [1.82, 2.24) is 10.6 Å². The molecule has 2 heterocycles. The van der Waals surface area contributed by atoms with Gasteiger partial charge in [0.25, 0.3) is 0 Å². The number of rotatable bonds is 5. The molecular formula is C23H45N3O. The van der Waals surface area contributed by atoms with Gasteiger partial charge in [-0.2, -0.15) is 0 Å². The third-order valence-electron chi connectivity index (χ3n) is 4.55. The summed E-state index contributed by atoms with van der Waals surface area (Å²) < 4.78 is 0. The quantitative estimate of drug-likeness (QED) is 0.478. The Hall–Kier alpha value is -1.39. The van der Waals surface area contributed by atoms with Crippen LogP contribution in [-0.4, -0.2) is 32.1 Å². The van der Waals surface area contributed by atoms with E-state index in [1.165, 1.54) is 58.3 Å². The van der Waals surface area contributed by atoms with Crippen molar-refractivity contribution in [2.45, 2.75) is 73.6 Å². The summed E-state index contributed by atoms with van der Waals surface area (Å²) in [5.41, 5.74) is 6.24. The Morgan fingerprint density at radius 3 is 1.78 bits per heavy atom. The smallest absolute Gasteiger partial charge is 0.248 e. The van der Waals surface area contributed by atoms with Crippen LogP contribution >= 0.6 is 0 Å². The van der Waals surface area contributed by atoms with E-state index >= 15 is 0 Å². The summed E-state index contributed by atoms with van der Waals surface area (Å²) >= 11 is 0. The van der Waals surface area contributed by atoms with E-state index < -0.39 is 5.91 Å². The van der Waals surface area contributed by atoms with Gasteiger partial charge in [-0.25, -0.2) is 0 Å². The summed E-state index contributed by atoms with van der Waals surface area (Å²) in [4.78, 5) is 10.6. The number of allylic oxidation sites excluding steroid dienone is 4. The lowest BCUT2D eigenvalue weighted by molar-refractivity contribution is -0.114. The van der Waals surface area contributed by atoms with Crippen molar-refractivity contribution < 1.29 is 4.79 Å². The number of primary amides is 1. The van der Waals surface area contributed by atoms with Gasteiger partial charge in [0.2, 0.25) is 5.91 Å². The van der Waals surface area contributed by atoms with E-state index in [1.54, 1.807) is 25.2 Å². The van der Waals surface area contributed by atoms with Crippen molar-refractivity contribution in [3.05, 3.63) is 36.0 Å². The highest BCUT2D eigenvalue weighted by Crippen LogP contribution is 2.31. The zero-order chi connectivity index (χ0) is 21.0. The summed E-state index contributed by atoms with van der Waals surface area (Å²) in [6, 6.07) is 0. The van der Waals surface area contributed by atoms with Crippen molar-refractivity contribution in [2.75, 3.05) is 26.2 Å². The number of carbonyl (C=O) groups is 1. The predicted octanol–water partition coefficient (Wildman–Crippen LogP) is 4.73. The van der Waals surface area contributed by atoms with Crippen LogP contribution in [0.15, 0.2) is 36.0 Å². The first-order valence-electron chi connectivity index (χ1n) is 10.7. The van der Waals surface area contributed by atoms with Crippen LogP contribution in [0.4, 0.5) is 0 Å². The molecule has 0 radical (unpaired) electrons. The van der Waals surface area contributed by atoms with Crippen molar-refractivity contribution in [1.29, 1.82) is 0 Å². The first-order chi connectivity index (χ1) is 13.0. The van der Waals surface area contributed by atoms with Crippen molar-refractivity contribution in [3.63, 3.8) is 0 Å². The number of nitrogens with two attached hydrogens (primary N) is 1. The van der Waals surface area contributed by atoms with Gasteiger partial charge in [-0.1, -0.05) is 71.3 Å². The van der Waals surface area contributed by atoms with Crippen LogP contribution in [0.3, 0.4) is 0 Å². The fourth-order valence-corrected chi connectivity index (χ4v) is 2.90. The topological polar surface area (TPSA) is 67.2 Å². The minimum atomic E-state index is -0.395. The first-order valence-corrected chi connectivity index (χ1v) is 10.7. The molecule has 2 saturated heterocycles. The second-order valence-electron chi connectivity index (χ2n) is 6.70. The number of carbonyl (C=O) groups excluding carboxylic acids is 1. The van der Waals surface area contributed by atoms with E-state index in [-0.39, 0.29) is 0 Å². The lowest BCUT2D eigenvalue weighted by Gasteiger charge is -2.18. The Kier molecular flexibility index (Phi) is 20.0. The molecule has 4 nitrogen and oxygen atoms in total. The van der Waals surface area contributed by atoms with Crippen molar-refractivity contribution in [2.24, 2.45) is 11.1 Å². The Labute approximate surface area is 168 Å². The molecule has 0 unspecified atom stereocenters. The molecule has 2 rings (SSSR count). The van der Waals surface area contributed by atoms with Crippen molar-refractivity contribution in [3.8, 4) is 0 Å². The zero-order valence-corrected chi connectivity index (χ0v) is 18.7. The predicted molar refractivity (Wildman–Crippen MR) is 121 cm³/mol. The molecule has 0 aromatic carbocycles. The maximum Gasteiger partial charge on any atom is 0.248 e. The first kappa shape index (κ1) is 27.8. The number of unbranched alkanes of at least 4 members (excludes halogenated alkanes) is 2. The molecule has 0 atom stereocenters. The van der Waals surface area contributed by atoms with E-state index in [4.69, 9.17) is 5.73 Å². The minimum Gasteiger partial charge on any atom is -0.366 e. The molecule has 0 bridgehead atoms. The minimum absolute atomic E-state index is 0.395. The maximum absolute atomic E-state index is 10.6. The van der Waals surface area contributed by atoms with Crippen LogP contribution < -0.4 is 16.4 Å². The standard InChI is InChI=1S/C9H13NO.C7H14N2.C5H12.C2H6/c1-3-5-6-7-8(4-2)9(10)11;1-3-8-5-7(1)2-4-9-6-7;1-3-5-4-2;1-2/h3-7H,1-2H3,(H2,10,11);8-9H,1-6H2;3-5H2,1-2H3;1-2H3/b5-3-,7-6-,8-4+;;;. The average molecular weight is 380 g/mol. The van der Waals surface area contributed by atoms with E-state index in [2.05, 4.69) is 24.5 Å². The molecule has 4 heteroatoms. The van der Waals surface area contributed by atoms with Gasteiger partial charge in [0.05, 0.1) is 0 Å².